The van der Waals surface area contributed by atoms with Gasteiger partial charge in [0.1, 0.15) is 5.56 Å². The SMILES string of the molecule is CC[C@@]1(C(=O)NCCN2CCOCC2)OC(=O)c2c1cc1n(c2=O)Cc2c-1nc1ccccc1c2C1CCCC1. The maximum absolute atomic E-state index is 13.9. The van der Waals surface area contributed by atoms with Crippen molar-refractivity contribution < 1.29 is 19.1 Å². The van der Waals surface area contributed by atoms with Gasteiger partial charge in [0.15, 0.2) is 0 Å². The van der Waals surface area contributed by atoms with E-state index in [4.69, 9.17) is 14.5 Å². The van der Waals surface area contributed by atoms with Crippen molar-refractivity contribution in [3.63, 3.8) is 0 Å². The van der Waals surface area contributed by atoms with Gasteiger partial charge in [-0.3, -0.25) is 14.5 Å². The Labute approximate surface area is 232 Å². The van der Waals surface area contributed by atoms with Gasteiger partial charge >= 0.3 is 5.97 Å². The minimum Gasteiger partial charge on any atom is -0.440 e. The topological polar surface area (TPSA) is 103 Å². The zero-order valence-electron chi connectivity index (χ0n) is 22.8. The lowest BCUT2D eigenvalue weighted by Crippen LogP contribution is -2.48. The van der Waals surface area contributed by atoms with Gasteiger partial charge in [0.25, 0.3) is 11.5 Å². The summed E-state index contributed by atoms with van der Waals surface area (Å²) < 4.78 is 12.8. The molecule has 1 aliphatic carbocycles. The number of nitrogens with one attached hydrogen (secondary N) is 1. The first-order chi connectivity index (χ1) is 19.5. The molecule has 5 heterocycles. The maximum Gasteiger partial charge on any atom is 0.345 e. The third-order valence-electron chi connectivity index (χ3n) is 9.25. The Morgan fingerprint density at radius 2 is 1.93 bits per heavy atom. The maximum atomic E-state index is 13.9. The first kappa shape index (κ1) is 25.4. The predicted octanol–water partition coefficient (Wildman–Crippen LogP) is 3.31. The number of rotatable bonds is 6. The number of esters is 1. The number of hydrogen-bond acceptors (Lipinski definition) is 7. The highest BCUT2D eigenvalue weighted by Crippen LogP contribution is 2.46. The van der Waals surface area contributed by atoms with Crippen LogP contribution >= 0.6 is 0 Å². The van der Waals surface area contributed by atoms with Crippen LogP contribution in [0.2, 0.25) is 0 Å². The molecule has 0 unspecified atom stereocenters. The van der Waals surface area contributed by atoms with Gasteiger partial charge in [0.2, 0.25) is 5.60 Å². The Bertz CT molecular complexity index is 1580. The molecule has 0 radical (unpaired) electrons. The van der Waals surface area contributed by atoms with E-state index in [1.54, 1.807) is 4.57 Å². The van der Waals surface area contributed by atoms with Crippen LogP contribution in [0.1, 0.15) is 72.0 Å². The molecule has 2 fully saturated rings. The Balaban J connectivity index is 1.30. The van der Waals surface area contributed by atoms with Gasteiger partial charge in [-0.15, -0.1) is 0 Å². The third kappa shape index (κ3) is 3.82. The van der Waals surface area contributed by atoms with Crippen LogP contribution in [0.15, 0.2) is 35.1 Å². The van der Waals surface area contributed by atoms with E-state index in [1.165, 1.54) is 18.4 Å². The highest BCUT2D eigenvalue weighted by atomic mass is 16.6. The number of amides is 1. The van der Waals surface area contributed by atoms with Crippen LogP contribution in [0.4, 0.5) is 0 Å². The molecule has 3 aliphatic heterocycles. The summed E-state index contributed by atoms with van der Waals surface area (Å²) in [5.74, 6) is -0.697. The van der Waals surface area contributed by atoms with Crippen LogP contribution in [0.5, 0.6) is 0 Å². The number of benzene rings is 1. The van der Waals surface area contributed by atoms with Crippen LogP contribution in [-0.2, 0) is 26.4 Å². The average Bonchev–Trinajstić information content (AvgIpc) is 3.70. The second kappa shape index (κ2) is 9.82. The molecule has 9 nitrogen and oxygen atoms in total. The van der Waals surface area contributed by atoms with Gasteiger partial charge in [0, 0.05) is 42.7 Å². The van der Waals surface area contributed by atoms with E-state index >= 15 is 0 Å². The lowest BCUT2D eigenvalue weighted by Gasteiger charge is -2.29. The van der Waals surface area contributed by atoms with Crippen molar-refractivity contribution in [3.05, 3.63) is 62.9 Å². The standard InChI is InChI=1S/C31H34N4O5/c1-2-31(30(38)32-11-12-34-13-15-39-16-14-34)22-17-24-27-21(18-35(24)28(36)26(22)29(37)40-31)25(19-7-3-4-8-19)20-9-5-6-10-23(20)33-27/h5-6,9-10,17,19H,2-4,7-8,11-16,18H2,1H3,(H,32,38)/t31-/m1/s1. The van der Waals surface area contributed by atoms with E-state index in [0.29, 0.717) is 50.0 Å². The molecule has 0 bridgehead atoms. The summed E-state index contributed by atoms with van der Waals surface area (Å²) in [7, 11) is 0. The van der Waals surface area contributed by atoms with Gasteiger partial charge in [0.05, 0.1) is 36.7 Å². The molecular formula is C31H34N4O5. The summed E-state index contributed by atoms with van der Waals surface area (Å²) in [5, 5.41) is 4.12. The van der Waals surface area contributed by atoms with Crippen LogP contribution in [-0.4, -0.2) is 65.7 Å². The third-order valence-corrected chi connectivity index (χ3v) is 9.25. The van der Waals surface area contributed by atoms with Crippen LogP contribution in [0.3, 0.4) is 0 Å². The number of fused-ring (bicyclic) bond motifs is 5. The van der Waals surface area contributed by atoms with Gasteiger partial charge < -0.3 is 19.4 Å². The van der Waals surface area contributed by atoms with Gasteiger partial charge in [-0.05, 0) is 42.9 Å². The molecule has 1 saturated carbocycles. The molecule has 7 rings (SSSR count). The fourth-order valence-corrected chi connectivity index (χ4v) is 7.15. The van der Waals surface area contributed by atoms with Crippen LogP contribution < -0.4 is 10.9 Å². The molecule has 208 valence electrons. The zero-order valence-corrected chi connectivity index (χ0v) is 22.8. The largest absolute Gasteiger partial charge is 0.440 e. The van der Waals surface area contributed by atoms with Crippen molar-refractivity contribution in [3.8, 4) is 11.4 Å². The van der Waals surface area contributed by atoms with Gasteiger partial charge in [-0.25, -0.2) is 9.78 Å². The molecule has 2 aromatic heterocycles. The molecule has 9 heteroatoms. The quantitative estimate of drug-likeness (QED) is 0.373. The summed E-state index contributed by atoms with van der Waals surface area (Å²) in [6.07, 6.45) is 4.87. The van der Waals surface area contributed by atoms with E-state index in [0.717, 1.165) is 48.1 Å². The summed E-state index contributed by atoms with van der Waals surface area (Å²) >= 11 is 0. The minimum absolute atomic E-state index is 0.0336. The zero-order chi connectivity index (χ0) is 27.4. The fourth-order valence-electron chi connectivity index (χ4n) is 7.15. The molecule has 1 amide bonds. The number of pyridine rings is 2. The van der Waals surface area contributed by atoms with Crippen LogP contribution in [0.25, 0.3) is 22.3 Å². The first-order valence-electron chi connectivity index (χ1n) is 14.5. The second-order valence-electron chi connectivity index (χ2n) is 11.3. The highest BCUT2D eigenvalue weighted by Gasteiger charge is 2.53. The Kier molecular flexibility index (Phi) is 6.24. The molecule has 0 spiro atoms. The highest BCUT2D eigenvalue weighted by molar-refractivity contribution is 6.02. The lowest BCUT2D eigenvalue weighted by molar-refractivity contribution is -0.140. The monoisotopic (exact) mass is 542 g/mol. The van der Waals surface area contributed by atoms with E-state index < -0.39 is 23.0 Å². The number of morpholine rings is 1. The van der Waals surface area contributed by atoms with Crippen molar-refractivity contribution in [1.29, 1.82) is 0 Å². The molecular weight excluding hydrogens is 508 g/mol. The van der Waals surface area contributed by atoms with E-state index in [1.807, 2.05) is 31.2 Å². The van der Waals surface area contributed by atoms with Gasteiger partial charge in [-0.1, -0.05) is 38.0 Å². The number of nitrogens with zero attached hydrogens (tertiary/aromatic N) is 3. The second-order valence-corrected chi connectivity index (χ2v) is 11.3. The average molecular weight is 543 g/mol. The van der Waals surface area contributed by atoms with E-state index in [2.05, 4.69) is 16.3 Å². The molecule has 4 aliphatic rings. The Hall–Kier alpha value is -3.56. The van der Waals surface area contributed by atoms with Crippen molar-refractivity contribution >= 4 is 22.8 Å². The van der Waals surface area contributed by atoms with Crippen LogP contribution in [0, 0.1) is 0 Å². The summed E-state index contributed by atoms with van der Waals surface area (Å²) in [6.45, 7) is 6.28. The van der Waals surface area contributed by atoms with Crippen molar-refractivity contribution in [1.82, 2.24) is 19.8 Å². The van der Waals surface area contributed by atoms with E-state index in [9.17, 15) is 14.4 Å². The summed E-state index contributed by atoms with van der Waals surface area (Å²) in [6, 6.07) is 10.00. The molecule has 1 aromatic carbocycles. The van der Waals surface area contributed by atoms with E-state index in [-0.39, 0.29) is 12.0 Å². The predicted molar refractivity (Wildman–Crippen MR) is 149 cm³/mol. The van der Waals surface area contributed by atoms with Crippen molar-refractivity contribution in [2.45, 2.75) is 57.1 Å². The molecule has 1 saturated heterocycles. The Morgan fingerprint density at radius 3 is 2.70 bits per heavy atom. The van der Waals surface area contributed by atoms with Crippen molar-refractivity contribution in [2.75, 3.05) is 39.4 Å². The fraction of sp³-hybridized carbons (Fsp3) is 0.484. The lowest BCUT2D eigenvalue weighted by atomic mass is 9.87. The van der Waals surface area contributed by atoms with Crippen molar-refractivity contribution in [2.24, 2.45) is 0 Å². The molecule has 40 heavy (non-hydrogen) atoms. The summed E-state index contributed by atoms with van der Waals surface area (Å²) in [4.78, 5) is 48.0. The number of cyclic esters (lactones) is 1. The smallest absolute Gasteiger partial charge is 0.345 e. The normalized spacial score (nSPS) is 22.3. The molecule has 1 atom stereocenters. The number of aromatic nitrogens is 2. The summed E-state index contributed by atoms with van der Waals surface area (Å²) in [5.41, 5.74) is 3.05. The number of ether oxygens (including phenoxy) is 2. The Morgan fingerprint density at radius 1 is 1.15 bits per heavy atom. The number of carbonyl (C=O) groups is 2. The first-order valence-corrected chi connectivity index (χ1v) is 14.5. The number of carbonyl (C=O) groups excluding carboxylic acids is 2. The number of para-hydroxylation sites is 1. The number of hydrogen-bond donors (Lipinski definition) is 1. The minimum atomic E-state index is -1.54. The molecule has 1 N–H and O–H groups in total. The van der Waals surface area contributed by atoms with Gasteiger partial charge in [-0.2, -0.15) is 0 Å². The molecule has 3 aromatic rings.